The summed E-state index contributed by atoms with van der Waals surface area (Å²) in [6.07, 6.45) is 0.744. The van der Waals surface area contributed by atoms with E-state index in [2.05, 4.69) is 32.6 Å². The van der Waals surface area contributed by atoms with Crippen LogP contribution in [0.4, 0.5) is 0 Å². The van der Waals surface area contributed by atoms with Gasteiger partial charge in [-0.2, -0.15) is 5.26 Å². The Morgan fingerprint density at radius 2 is 1.69 bits per heavy atom. The number of hydrogen-bond acceptors (Lipinski definition) is 2. The van der Waals surface area contributed by atoms with Crippen LogP contribution in [0.1, 0.15) is 34.1 Å². The van der Waals surface area contributed by atoms with E-state index in [4.69, 9.17) is 16.9 Å². The Balaban J connectivity index is 3.92. The molecule has 0 radical (unpaired) electrons. The fourth-order valence-electron chi connectivity index (χ4n) is 1.44. The van der Waals surface area contributed by atoms with Gasteiger partial charge in [0, 0.05) is 18.6 Å². The maximum Gasteiger partial charge on any atom is 0.121 e. The van der Waals surface area contributed by atoms with Gasteiger partial charge in [0.2, 0.25) is 0 Å². The summed E-state index contributed by atoms with van der Waals surface area (Å²) < 4.78 is 0. The second-order valence-corrected chi connectivity index (χ2v) is 4.34. The predicted octanol–water partition coefficient (Wildman–Crippen LogP) is 2.63. The zero-order valence-corrected chi connectivity index (χ0v) is 9.67. The standard InChI is InChI=1S/C10H19ClN2/c1-8(2)13(9(3)4)6-5-10(11)7-12/h8-10H,5-6H2,1-4H3. The lowest BCUT2D eigenvalue weighted by Gasteiger charge is -2.30. The molecule has 0 saturated heterocycles. The van der Waals surface area contributed by atoms with Crippen molar-refractivity contribution in [3.8, 4) is 6.07 Å². The number of hydrogen-bond donors (Lipinski definition) is 0. The average Bonchev–Trinajstić information content (AvgIpc) is 2.03. The largest absolute Gasteiger partial charge is 0.298 e. The molecule has 0 saturated carbocycles. The Bertz CT molecular complexity index is 164. The topological polar surface area (TPSA) is 27.0 Å². The van der Waals surface area contributed by atoms with Crippen molar-refractivity contribution in [3.05, 3.63) is 0 Å². The van der Waals surface area contributed by atoms with E-state index in [1.165, 1.54) is 0 Å². The predicted molar refractivity (Wildman–Crippen MR) is 56.8 cm³/mol. The van der Waals surface area contributed by atoms with Crippen LogP contribution in [0.2, 0.25) is 0 Å². The molecule has 0 rings (SSSR count). The van der Waals surface area contributed by atoms with Crippen LogP contribution in [-0.4, -0.2) is 28.9 Å². The van der Waals surface area contributed by atoms with Gasteiger partial charge < -0.3 is 0 Å². The zero-order chi connectivity index (χ0) is 10.4. The summed E-state index contributed by atoms with van der Waals surface area (Å²) in [6, 6.07) is 3.07. The molecule has 0 aliphatic rings. The first-order valence-corrected chi connectivity index (χ1v) is 5.22. The van der Waals surface area contributed by atoms with Crippen molar-refractivity contribution < 1.29 is 0 Å². The van der Waals surface area contributed by atoms with Gasteiger partial charge in [0.15, 0.2) is 0 Å². The van der Waals surface area contributed by atoms with E-state index >= 15 is 0 Å². The van der Waals surface area contributed by atoms with Gasteiger partial charge in [0.05, 0.1) is 6.07 Å². The minimum absolute atomic E-state index is 0.347. The number of nitriles is 1. The molecule has 2 nitrogen and oxygen atoms in total. The molecule has 0 aromatic heterocycles. The van der Waals surface area contributed by atoms with Gasteiger partial charge >= 0.3 is 0 Å². The molecule has 13 heavy (non-hydrogen) atoms. The lowest BCUT2D eigenvalue weighted by molar-refractivity contribution is 0.174. The highest BCUT2D eigenvalue weighted by Gasteiger charge is 2.14. The molecule has 0 N–H and O–H groups in total. The third-order valence-corrected chi connectivity index (χ3v) is 2.42. The Hall–Kier alpha value is -0.260. The average molecular weight is 203 g/mol. The fraction of sp³-hybridized carbons (Fsp3) is 0.900. The monoisotopic (exact) mass is 202 g/mol. The van der Waals surface area contributed by atoms with Crippen LogP contribution >= 0.6 is 11.6 Å². The van der Waals surface area contributed by atoms with Crippen molar-refractivity contribution in [2.45, 2.75) is 51.6 Å². The summed E-state index contributed by atoms with van der Waals surface area (Å²) in [4.78, 5) is 2.34. The van der Waals surface area contributed by atoms with Crippen LogP contribution in [0, 0.1) is 11.3 Å². The Morgan fingerprint density at radius 3 is 2.00 bits per heavy atom. The molecule has 0 heterocycles. The lowest BCUT2D eigenvalue weighted by atomic mass is 10.2. The van der Waals surface area contributed by atoms with Crippen molar-refractivity contribution in [2.24, 2.45) is 0 Å². The fourth-order valence-corrected chi connectivity index (χ4v) is 1.54. The van der Waals surface area contributed by atoms with Gasteiger partial charge in [-0.3, -0.25) is 4.90 Å². The van der Waals surface area contributed by atoms with Gasteiger partial charge in [0.25, 0.3) is 0 Å². The van der Waals surface area contributed by atoms with E-state index in [0.717, 1.165) is 13.0 Å². The first-order chi connectivity index (χ1) is 5.99. The maximum atomic E-state index is 8.52. The number of alkyl halides is 1. The summed E-state index contributed by atoms with van der Waals surface area (Å²) in [5, 5.41) is 8.18. The first kappa shape index (κ1) is 12.7. The minimum Gasteiger partial charge on any atom is -0.298 e. The van der Waals surface area contributed by atoms with Crippen molar-refractivity contribution >= 4 is 11.6 Å². The molecule has 0 amide bonds. The Labute approximate surface area is 86.5 Å². The SMILES string of the molecule is CC(C)N(CCC(Cl)C#N)C(C)C. The van der Waals surface area contributed by atoms with Crippen LogP contribution in [0.15, 0.2) is 0 Å². The smallest absolute Gasteiger partial charge is 0.121 e. The van der Waals surface area contributed by atoms with Crippen LogP contribution in [0.25, 0.3) is 0 Å². The molecule has 0 aliphatic carbocycles. The quantitative estimate of drug-likeness (QED) is 0.641. The second kappa shape index (κ2) is 6.23. The molecular formula is C10H19ClN2. The van der Waals surface area contributed by atoms with Crippen LogP contribution in [0.3, 0.4) is 0 Å². The summed E-state index contributed by atoms with van der Waals surface area (Å²) in [6.45, 7) is 9.55. The van der Waals surface area contributed by atoms with Gasteiger partial charge in [-0.25, -0.2) is 0 Å². The maximum absolute atomic E-state index is 8.52. The first-order valence-electron chi connectivity index (χ1n) is 4.78. The summed E-state index contributed by atoms with van der Waals surface area (Å²) in [5.74, 6) is 0. The number of rotatable bonds is 5. The molecule has 0 bridgehead atoms. The number of nitrogens with zero attached hydrogens (tertiary/aromatic N) is 2. The third kappa shape index (κ3) is 5.13. The molecule has 1 unspecified atom stereocenters. The van der Waals surface area contributed by atoms with E-state index in [1.807, 2.05) is 6.07 Å². The molecule has 0 spiro atoms. The number of halogens is 1. The molecular weight excluding hydrogens is 184 g/mol. The summed E-state index contributed by atoms with van der Waals surface area (Å²) in [5.41, 5.74) is 0. The van der Waals surface area contributed by atoms with E-state index < -0.39 is 0 Å². The third-order valence-electron chi connectivity index (χ3n) is 2.11. The Kier molecular flexibility index (Phi) is 6.11. The van der Waals surface area contributed by atoms with Crippen LogP contribution < -0.4 is 0 Å². The van der Waals surface area contributed by atoms with Crippen molar-refractivity contribution in [1.29, 1.82) is 5.26 Å². The summed E-state index contributed by atoms with van der Waals surface area (Å²) in [7, 11) is 0. The van der Waals surface area contributed by atoms with E-state index in [9.17, 15) is 0 Å². The summed E-state index contributed by atoms with van der Waals surface area (Å²) >= 11 is 5.73. The van der Waals surface area contributed by atoms with Crippen molar-refractivity contribution in [3.63, 3.8) is 0 Å². The highest BCUT2D eigenvalue weighted by atomic mass is 35.5. The van der Waals surface area contributed by atoms with E-state index in [-0.39, 0.29) is 5.38 Å². The minimum atomic E-state index is -0.347. The van der Waals surface area contributed by atoms with Gasteiger partial charge in [0.1, 0.15) is 5.38 Å². The highest BCUT2D eigenvalue weighted by molar-refractivity contribution is 6.22. The molecule has 0 fully saturated rings. The van der Waals surface area contributed by atoms with E-state index in [1.54, 1.807) is 0 Å². The van der Waals surface area contributed by atoms with Crippen LogP contribution in [0.5, 0.6) is 0 Å². The molecule has 0 aromatic carbocycles. The normalized spacial score (nSPS) is 13.8. The van der Waals surface area contributed by atoms with Gasteiger partial charge in [-0.1, -0.05) is 0 Å². The lowest BCUT2D eigenvalue weighted by Crippen LogP contribution is -2.38. The molecule has 0 aliphatic heterocycles. The zero-order valence-electron chi connectivity index (χ0n) is 8.92. The second-order valence-electron chi connectivity index (χ2n) is 3.81. The van der Waals surface area contributed by atoms with Crippen molar-refractivity contribution in [1.82, 2.24) is 4.90 Å². The molecule has 1 atom stereocenters. The van der Waals surface area contributed by atoms with Gasteiger partial charge in [-0.05, 0) is 34.1 Å². The van der Waals surface area contributed by atoms with Crippen molar-refractivity contribution in [2.75, 3.05) is 6.54 Å². The van der Waals surface area contributed by atoms with Crippen LogP contribution in [-0.2, 0) is 0 Å². The molecule has 0 aromatic rings. The van der Waals surface area contributed by atoms with E-state index in [0.29, 0.717) is 12.1 Å². The molecule has 3 heteroatoms. The Morgan fingerprint density at radius 1 is 1.23 bits per heavy atom. The highest BCUT2D eigenvalue weighted by Crippen LogP contribution is 2.09. The van der Waals surface area contributed by atoms with Gasteiger partial charge in [-0.15, -0.1) is 11.6 Å². The molecule has 76 valence electrons.